The highest BCUT2D eigenvalue weighted by molar-refractivity contribution is 9.10. The molecule has 4 rings (SSSR count). The zero-order valence-electron chi connectivity index (χ0n) is 31.4. The number of ether oxygens (including phenoxy) is 2. The zero-order valence-corrected chi connectivity index (χ0v) is 34.6. The normalized spacial score (nSPS) is 12.6. The van der Waals surface area contributed by atoms with Crippen LogP contribution in [0.2, 0.25) is 0 Å². The van der Waals surface area contributed by atoms with Crippen molar-refractivity contribution in [2.75, 3.05) is 11.5 Å². The van der Waals surface area contributed by atoms with Crippen LogP contribution in [0.5, 0.6) is 0 Å². The molecule has 4 aromatic carbocycles. The molecule has 4 aromatic rings. The number of benzene rings is 4. The topological polar surface area (TPSA) is 121 Å². The molecular formula is C40H42BrF5O8S2. The summed E-state index contributed by atoms with van der Waals surface area (Å²) in [6, 6.07) is 25.8. The Hall–Kier alpha value is -4.15. The number of hydrogen-bond acceptors (Lipinski definition) is 8. The van der Waals surface area contributed by atoms with Crippen molar-refractivity contribution in [2.45, 2.75) is 87.5 Å². The van der Waals surface area contributed by atoms with Crippen molar-refractivity contribution in [3.63, 3.8) is 0 Å². The Morgan fingerprint density at radius 1 is 0.536 bits per heavy atom. The van der Waals surface area contributed by atoms with Crippen molar-refractivity contribution < 1.29 is 57.9 Å². The molecule has 0 saturated heterocycles. The van der Waals surface area contributed by atoms with Gasteiger partial charge in [-0.2, -0.15) is 22.0 Å². The molecule has 0 heterocycles. The Morgan fingerprint density at radius 2 is 0.839 bits per heavy atom. The monoisotopic (exact) mass is 888 g/mol. The van der Waals surface area contributed by atoms with Crippen molar-refractivity contribution in [1.29, 1.82) is 0 Å². The van der Waals surface area contributed by atoms with E-state index in [0.717, 1.165) is 15.6 Å². The molecule has 0 aliphatic rings. The molecule has 0 spiro atoms. The Labute approximate surface area is 332 Å². The van der Waals surface area contributed by atoms with E-state index in [1.165, 1.54) is 48.5 Å². The molecule has 0 saturated carbocycles. The Kier molecular flexibility index (Phi) is 14.8. The highest BCUT2D eigenvalue weighted by Gasteiger charge is 2.56. The largest absolute Gasteiger partial charge is 0.459 e. The van der Waals surface area contributed by atoms with E-state index in [0.29, 0.717) is 16.7 Å². The molecular weight excluding hydrogens is 847 g/mol. The van der Waals surface area contributed by atoms with Crippen LogP contribution in [0.1, 0.15) is 53.5 Å². The van der Waals surface area contributed by atoms with E-state index in [2.05, 4.69) is 15.9 Å². The number of carbonyl (C=O) groups is 2. The van der Waals surface area contributed by atoms with Gasteiger partial charge in [0.2, 0.25) is 0 Å². The lowest BCUT2D eigenvalue weighted by Crippen LogP contribution is -2.36. The fourth-order valence-corrected chi connectivity index (χ4v) is 7.32. The average molecular weight is 890 g/mol. The molecule has 0 radical (unpaired) electrons. The van der Waals surface area contributed by atoms with Crippen molar-refractivity contribution in [1.82, 2.24) is 0 Å². The smallest absolute Gasteiger partial charge is 0.453 e. The third-order valence-corrected chi connectivity index (χ3v) is 11.2. The van der Waals surface area contributed by atoms with Gasteiger partial charge in [-0.3, -0.25) is 9.59 Å². The number of halogens is 6. The van der Waals surface area contributed by atoms with Gasteiger partial charge in [0.1, 0.15) is 11.2 Å². The minimum Gasteiger partial charge on any atom is -0.459 e. The van der Waals surface area contributed by atoms with Gasteiger partial charge in [0.15, 0.2) is 31.2 Å². The lowest BCUT2D eigenvalue weighted by atomic mass is 10.0. The molecule has 8 nitrogen and oxygen atoms in total. The Morgan fingerprint density at radius 3 is 1.14 bits per heavy atom. The molecule has 0 fully saturated rings. The minimum atomic E-state index is -5.58. The predicted octanol–water partition coefficient (Wildman–Crippen LogP) is 9.83. The van der Waals surface area contributed by atoms with Gasteiger partial charge >= 0.3 is 24.0 Å². The number of aryl methyl sites for hydroxylation is 1. The number of hydrogen-bond donors (Lipinski definition) is 0. The van der Waals surface area contributed by atoms with E-state index >= 15 is 0 Å². The molecule has 0 N–H and O–H groups in total. The van der Waals surface area contributed by atoms with Crippen LogP contribution in [0.25, 0.3) is 22.3 Å². The molecule has 0 amide bonds. The number of carbonyl (C=O) groups excluding carboxylic acids is 2. The van der Waals surface area contributed by atoms with E-state index in [9.17, 15) is 48.4 Å². The first-order valence-electron chi connectivity index (χ1n) is 17.0. The fraction of sp³-hybridized carbons (Fsp3) is 0.350. The Bertz CT molecular complexity index is 2170. The van der Waals surface area contributed by atoms with E-state index in [1.54, 1.807) is 65.8 Å². The quantitative estimate of drug-likeness (QED) is 0.108. The van der Waals surface area contributed by atoms with Gasteiger partial charge in [0.25, 0.3) is 0 Å². The van der Waals surface area contributed by atoms with Crippen molar-refractivity contribution in [3.05, 3.63) is 107 Å². The van der Waals surface area contributed by atoms with Gasteiger partial charge in [-0.05, 0) is 112 Å². The summed E-state index contributed by atoms with van der Waals surface area (Å²) in [6.45, 7) is 9.97. The molecule has 0 aliphatic heterocycles. The third-order valence-electron chi connectivity index (χ3n) is 7.49. The van der Waals surface area contributed by atoms with Crippen LogP contribution < -0.4 is 0 Å². The summed E-state index contributed by atoms with van der Waals surface area (Å²) in [5.41, 5.74) is 1.89. The summed E-state index contributed by atoms with van der Waals surface area (Å²) >= 11 is 3.38. The molecule has 16 heteroatoms. The molecule has 0 atom stereocenters. The summed E-state index contributed by atoms with van der Waals surface area (Å²) in [5, 5.41) is 0. The van der Waals surface area contributed by atoms with Crippen LogP contribution in [0.3, 0.4) is 0 Å². The SMILES string of the molecule is CC(C)(C)OC(=O)CS(=O)(=O)c1ccc(-c2ccc(Br)cc2)cc1.CC(C)(C)OC(=O)CS(=O)(=O)c1ccc(-c2ccc(CCC(F)(F)C(F)(F)F)cc2)cc1. The number of sulfone groups is 2. The van der Waals surface area contributed by atoms with E-state index in [-0.39, 0.29) is 9.79 Å². The maximum absolute atomic E-state index is 13.1. The molecule has 304 valence electrons. The Balaban J connectivity index is 0.000000313. The number of rotatable bonds is 11. The van der Waals surface area contributed by atoms with Gasteiger partial charge in [0, 0.05) is 10.9 Å². The van der Waals surface area contributed by atoms with Gasteiger partial charge in [-0.1, -0.05) is 76.6 Å². The van der Waals surface area contributed by atoms with Crippen molar-refractivity contribution in [2.24, 2.45) is 0 Å². The summed E-state index contributed by atoms with van der Waals surface area (Å²) in [5.74, 6) is -7.84. The first kappa shape index (κ1) is 46.2. The van der Waals surface area contributed by atoms with E-state index in [4.69, 9.17) is 9.47 Å². The zero-order chi connectivity index (χ0) is 42.3. The summed E-state index contributed by atoms with van der Waals surface area (Å²) < 4.78 is 123. The second-order valence-electron chi connectivity index (χ2n) is 14.6. The molecule has 0 unspecified atom stereocenters. The maximum atomic E-state index is 13.1. The van der Waals surface area contributed by atoms with Gasteiger partial charge in [-0.25, -0.2) is 16.8 Å². The molecule has 0 aromatic heterocycles. The predicted molar refractivity (Wildman–Crippen MR) is 207 cm³/mol. The molecule has 56 heavy (non-hydrogen) atoms. The highest BCUT2D eigenvalue weighted by Crippen LogP contribution is 2.39. The van der Waals surface area contributed by atoms with Crippen LogP contribution in [0.15, 0.2) is 111 Å². The number of esters is 2. The van der Waals surface area contributed by atoms with Crippen LogP contribution in [0, 0.1) is 0 Å². The number of alkyl halides is 5. The van der Waals surface area contributed by atoms with Gasteiger partial charge in [-0.15, -0.1) is 0 Å². The van der Waals surface area contributed by atoms with Crippen molar-refractivity contribution >= 4 is 47.5 Å². The fourth-order valence-electron chi connectivity index (χ4n) is 4.88. The van der Waals surface area contributed by atoms with E-state index in [1.807, 2.05) is 24.3 Å². The van der Waals surface area contributed by atoms with Crippen LogP contribution >= 0.6 is 15.9 Å². The molecule has 0 aliphatic carbocycles. The summed E-state index contributed by atoms with van der Waals surface area (Å²) in [6.07, 6.45) is -7.38. The lowest BCUT2D eigenvalue weighted by molar-refractivity contribution is -0.284. The second-order valence-corrected chi connectivity index (χ2v) is 19.5. The average Bonchev–Trinajstić information content (AvgIpc) is 3.06. The second kappa shape index (κ2) is 18.0. The maximum Gasteiger partial charge on any atom is 0.453 e. The highest BCUT2D eigenvalue weighted by atomic mass is 79.9. The van der Waals surface area contributed by atoms with Crippen LogP contribution in [0.4, 0.5) is 22.0 Å². The van der Waals surface area contributed by atoms with E-state index < -0.39 is 79.3 Å². The minimum absolute atomic E-state index is 0.0712. The first-order valence-corrected chi connectivity index (χ1v) is 21.1. The third kappa shape index (κ3) is 14.4. The molecule has 0 bridgehead atoms. The lowest BCUT2D eigenvalue weighted by Gasteiger charge is -2.19. The summed E-state index contributed by atoms with van der Waals surface area (Å²) in [7, 11) is -7.63. The standard InChI is InChI=1S/C22H23F5O4S.C18H19BrO4S/c1-20(2,3)31-19(28)14-32(29,30)18-10-8-17(9-11-18)16-6-4-15(5-7-16)12-13-21(23,24)22(25,26)27;1-18(2,3)23-17(20)12-24(21,22)16-10-6-14(7-11-16)13-4-8-15(19)9-5-13/h4-11H,12-14H2,1-3H3;4-11H,12H2,1-3H3. The van der Waals surface area contributed by atoms with Crippen LogP contribution in [-0.4, -0.2) is 63.6 Å². The summed E-state index contributed by atoms with van der Waals surface area (Å²) in [4.78, 5) is 23.6. The first-order chi connectivity index (χ1) is 25.6. The van der Waals surface area contributed by atoms with Gasteiger partial charge < -0.3 is 9.47 Å². The van der Waals surface area contributed by atoms with Crippen LogP contribution in [-0.2, 0) is 45.2 Å². The van der Waals surface area contributed by atoms with Crippen molar-refractivity contribution in [3.8, 4) is 22.3 Å². The van der Waals surface area contributed by atoms with Gasteiger partial charge in [0.05, 0.1) is 9.79 Å².